The predicted molar refractivity (Wildman–Crippen MR) is 79.3 cm³/mol. The minimum absolute atomic E-state index is 0.298. The molecule has 0 atom stereocenters. The number of rotatable bonds is 1. The molecule has 19 heavy (non-hydrogen) atoms. The Balaban J connectivity index is 2.14. The van der Waals surface area contributed by atoms with Gasteiger partial charge in [-0.05, 0) is 25.0 Å². The van der Waals surface area contributed by atoms with Crippen LogP contribution in [0.25, 0.3) is 11.0 Å². The Labute approximate surface area is 118 Å². The van der Waals surface area contributed by atoms with Gasteiger partial charge in [-0.15, -0.1) is 0 Å². The summed E-state index contributed by atoms with van der Waals surface area (Å²) in [4.78, 5) is 4.76. The van der Waals surface area contributed by atoms with Gasteiger partial charge in [0.25, 0.3) is 0 Å². The topological polar surface area (TPSA) is 43.8 Å². The summed E-state index contributed by atoms with van der Waals surface area (Å²) in [5, 5.41) is 0.746. The number of imidazole rings is 1. The molecule has 2 N–H and O–H groups in total. The van der Waals surface area contributed by atoms with Gasteiger partial charge in [0.15, 0.2) is 0 Å². The summed E-state index contributed by atoms with van der Waals surface area (Å²) >= 11 is 6.29. The summed E-state index contributed by atoms with van der Waals surface area (Å²) in [5.74, 6) is 0.984. The molecule has 3 nitrogen and oxygen atoms in total. The minimum Gasteiger partial charge on any atom is -0.328 e. The van der Waals surface area contributed by atoms with Gasteiger partial charge >= 0.3 is 0 Å². The van der Waals surface area contributed by atoms with Crippen molar-refractivity contribution in [1.82, 2.24) is 9.55 Å². The van der Waals surface area contributed by atoms with Crippen molar-refractivity contribution in [2.75, 3.05) is 0 Å². The minimum atomic E-state index is -0.298. The predicted octanol–water partition coefficient (Wildman–Crippen LogP) is 3.73. The molecule has 1 fully saturated rings. The van der Waals surface area contributed by atoms with E-state index in [4.69, 9.17) is 22.3 Å². The molecule has 0 bridgehead atoms. The van der Waals surface area contributed by atoms with Crippen LogP contribution < -0.4 is 5.73 Å². The highest BCUT2D eigenvalue weighted by molar-refractivity contribution is 6.35. The highest BCUT2D eigenvalue weighted by atomic mass is 35.5. The SMILES string of the molecule is Cn1c(C2(N)CCCCCC2)nc2cccc(Cl)c21. The van der Waals surface area contributed by atoms with Crippen molar-refractivity contribution in [3.63, 3.8) is 0 Å². The number of para-hydroxylation sites is 1. The summed E-state index contributed by atoms with van der Waals surface area (Å²) in [6, 6.07) is 5.86. The molecule has 102 valence electrons. The van der Waals surface area contributed by atoms with Gasteiger partial charge in [-0.2, -0.15) is 0 Å². The van der Waals surface area contributed by atoms with Gasteiger partial charge in [-0.25, -0.2) is 4.98 Å². The molecule has 1 aliphatic carbocycles. The summed E-state index contributed by atoms with van der Waals surface area (Å²) < 4.78 is 2.09. The third-order valence-corrected chi connectivity index (χ3v) is 4.59. The van der Waals surface area contributed by atoms with Crippen LogP contribution >= 0.6 is 11.6 Å². The summed E-state index contributed by atoms with van der Waals surface area (Å²) in [6.07, 6.45) is 6.97. The lowest BCUT2D eigenvalue weighted by Crippen LogP contribution is -2.38. The second-order valence-corrected chi connectivity index (χ2v) is 6.08. The Morgan fingerprint density at radius 1 is 1.21 bits per heavy atom. The quantitative estimate of drug-likeness (QED) is 0.807. The molecule has 4 heteroatoms. The molecule has 0 amide bonds. The van der Waals surface area contributed by atoms with Crippen molar-refractivity contribution in [2.24, 2.45) is 12.8 Å². The van der Waals surface area contributed by atoms with Crippen molar-refractivity contribution in [2.45, 2.75) is 44.1 Å². The average Bonchev–Trinajstić information content (AvgIpc) is 2.58. The molecule has 0 spiro atoms. The van der Waals surface area contributed by atoms with Crippen molar-refractivity contribution in [3.8, 4) is 0 Å². The van der Waals surface area contributed by atoms with Gasteiger partial charge in [0.05, 0.1) is 21.6 Å². The number of fused-ring (bicyclic) bond motifs is 1. The number of aryl methyl sites for hydroxylation is 1. The van der Waals surface area contributed by atoms with Crippen LogP contribution in [-0.4, -0.2) is 9.55 Å². The van der Waals surface area contributed by atoms with Crippen LogP contribution in [0.3, 0.4) is 0 Å². The van der Waals surface area contributed by atoms with Crippen LogP contribution in [0.1, 0.15) is 44.3 Å². The maximum atomic E-state index is 6.67. The molecule has 0 radical (unpaired) electrons. The number of hydrogen-bond donors (Lipinski definition) is 1. The Morgan fingerprint density at radius 3 is 2.53 bits per heavy atom. The summed E-state index contributed by atoms with van der Waals surface area (Å²) in [6.45, 7) is 0. The zero-order chi connectivity index (χ0) is 13.5. The maximum Gasteiger partial charge on any atom is 0.129 e. The lowest BCUT2D eigenvalue weighted by molar-refractivity contribution is 0.355. The molecule has 2 aromatic rings. The standard InChI is InChI=1S/C15H20ClN3/c1-19-13-11(16)7-6-8-12(13)18-14(19)15(17)9-4-2-3-5-10-15/h6-8H,2-5,9-10,17H2,1H3. The van der Waals surface area contributed by atoms with E-state index in [1.165, 1.54) is 25.7 Å². The average molecular weight is 278 g/mol. The van der Waals surface area contributed by atoms with Crippen LogP contribution in [-0.2, 0) is 12.6 Å². The number of hydrogen-bond acceptors (Lipinski definition) is 2. The summed E-state index contributed by atoms with van der Waals surface area (Å²) in [7, 11) is 2.02. The van der Waals surface area contributed by atoms with Crippen molar-refractivity contribution >= 4 is 22.6 Å². The maximum absolute atomic E-state index is 6.67. The first-order chi connectivity index (χ1) is 9.12. The Morgan fingerprint density at radius 2 is 1.89 bits per heavy atom. The highest BCUT2D eigenvalue weighted by Crippen LogP contribution is 2.35. The van der Waals surface area contributed by atoms with E-state index < -0.39 is 0 Å². The van der Waals surface area contributed by atoms with Gasteiger partial charge in [-0.3, -0.25) is 0 Å². The third-order valence-electron chi connectivity index (χ3n) is 4.29. The molecule has 0 saturated heterocycles. The molecule has 3 rings (SSSR count). The van der Waals surface area contributed by atoms with E-state index in [1.54, 1.807) is 0 Å². The molecule has 1 heterocycles. The number of benzene rings is 1. The van der Waals surface area contributed by atoms with Gasteiger partial charge in [0.1, 0.15) is 5.82 Å². The van der Waals surface area contributed by atoms with E-state index >= 15 is 0 Å². The van der Waals surface area contributed by atoms with Crippen molar-refractivity contribution in [3.05, 3.63) is 29.0 Å². The largest absolute Gasteiger partial charge is 0.328 e. The van der Waals surface area contributed by atoms with Crippen LogP contribution in [0.15, 0.2) is 18.2 Å². The molecule has 1 aromatic heterocycles. The fraction of sp³-hybridized carbons (Fsp3) is 0.533. The van der Waals surface area contributed by atoms with Crippen LogP contribution in [0.4, 0.5) is 0 Å². The van der Waals surface area contributed by atoms with E-state index in [9.17, 15) is 0 Å². The fourth-order valence-corrected chi connectivity index (χ4v) is 3.55. The highest BCUT2D eigenvalue weighted by Gasteiger charge is 2.33. The van der Waals surface area contributed by atoms with E-state index in [2.05, 4.69) is 4.57 Å². The second-order valence-electron chi connectivity index (χ2n) is 5.67. The van der Waals surface area contributed by atoms with Gasteiger partial charge in [0, 0.05) is 7.05 Å². The smallest absolute Gasteiger partial charge is 0.129 e. The Bertz CT molecular complexity index is 595. The van der Waals surface area contributed by atoms with E-state index in [1.807, 2.05) is 25.2 Å². The van der Waals surface area contributed by atoms with Crippen LogP contribution in [0.5, 0.6) is 0 Å². The van der Waals surface area contributed by atoms with E-state index in [0.29, 0.717) is 0 Å². The van der Waals surface area contributed by atoms with Gasteiger partial charge in [-0.1, -0.05) is 43.4 Å². The van der Waals surface area contributed by atoms with E-state index in [0.717, 1.165) is 34.7 Å². The number of halogens is 1. The van der Waals surface area contributed by atoms with Crippen LogP contribution in [0, 0.1) is 0 Å². The summed E-state index contributed by atoms with van der Waals surface area (Å²) in [5.41, 5.74) is 8.31. The Kier molecular flexibility index (Phi) is 3.27. The van der Waals surface area contributed by atoms with Crippen LogP contribution in [0.2, 0.25) is 5.02 Å². The van der Waals surface area contributed by atoms with Gasteiger partial charge < -0.3 is 10.3 Å². The lowest BCUT2D eigenvalue weighted by Gasteiger charge is -2.27. The molecule has 0 aliphatic heterocycles. The zero-order valence-corrected chi connectivity index (χ0v) is 12.1. The monoisotopic (exact) mass is 277 g/mol. The molecule has 1 saturated carbocycles. The fourth-order valence-electron chi connectivity index (χ4n) is 3.25. The normalized spacial score (nSPS) is 19.5. The molecule has 0 unspecified atom stereocenters. The van der Waals surface area contributed by atoms with Gasteiger partial charge in [0.2, 0.25) is 0 Å². The van der Waals surface area contributed by atoms with E-state index in [-0.39, 0.29) is 5.54 Å². The first-order valence-corrected chi connectivity index (χ1v) is 7.40. The molecule has 1 aliphatic rings. The van der Waals surface area contributed by atoms with Crippen molar-refractivity contribution < 1.29 is 0 Å². The second kappa shape index (κ2) is 4.80. The molecular formula is C15H20ClN3. The molecule has 1 aromatic carbocycles. The zero-order valence-electron chi connectivity index (χ0n) is 11.3. The van der Waals surface area contributed by atoms with Crippen molar-refractivity contribution in [1.29, 1.82) is 0 Å². The lowest BCUT2D eigenvalue weighted by atomic mass is 9.90. The first kappa shape index (κ1) is 12.9. The molecular weight excluding hydrogens is 258 g/mol. The first-order valence-electron chi connectivity index (χ1n) is 7.02. The number of aromatic nitrogens is 2. The number of nitrogens with zero attached hydrogens (tertiary/aromatic N) is 2. The Hall–Kier alpha value is -1.06. The third kappa shape index (κ3) is 2.15. The number of nitrogens with two attached hydrogens (primary N) is 1.